The van der Waals surface area contributed by atoms with Gasteiger partial charge < -0.3 is 9.16 Å². The van der Waals surface area contributed by atoms with Gasteiger partial charge in [0, 0.05) is 0 Å². The Bertz CT molecular complexity index is 204. The van der Waals surface area contributed by atoms with Crippen LogP contribution in [0.5, 0.6) is 0 Å². The predicted molar refractivity (Wildman–Crippen MR) is 45.8 cm³/mol. The van der Waals surface area contributed by atoms with Gasteiger partial charge in [0.2, 0.25) is 6.10 Å². The summed E-state index contributed by atoms with van der Waals surface area (Å²) in [6.45, 7) is 5.71. The molecule has 1 atom stereocenters. The first-order chi connectivity index (χ1) is 5.40. The molecule has 0 aliphatic rings. The molecular weight excluding hydrogens is 174 g/mol. The molecule has 0 aromatic carbocycles. The van der Waals surface area contributed by atoms with E-state index in [1.165, 1.54) is 7.11 Å². The van der Waals surface area contributed by atoms with E-state index in [0.717, 1.165) is 0 Å². The highest BCUT2D eigenvalue weighted by Crippen LogP contribution is 2.07. The second kappa shape index (κ2) is 4.23. The monoisotopic (exact) mass is 187 g/mol. The first-order valence-corrected chi connectivity index (χ1v) is 6.97. The summed E-state index contributed by atoms with van der Waals surface area (Å²) in [5.74, 6) is -0.625. The molecule has 12 heavy (non-hydrogen) atoms. The fourth-order valence-corrected chi connectivity index (χ4v) is 1.44. The van der Waals surface area contributed by atoms with Gasteiger partial charge >= 0.3 is 5.97 Å². The zero-order chi connectivity index (χ0) is 9.78. The lowest BCUT2D eigenvalue weighted by Gasteiger charge is -2.19. The van der Waals surface area contributed by atoms with Crippen LogP contribution in [-0.4, -0.2) is 27.5 Å². The SMILES string of the molecule is COC(=O)C(C#N)O[Si](C)(C)C. The molecule has 0 aromatic heterocycles. The number of ether oxygens (including phenoxy) is 1. The fourth-order valence-electron chi connectivity index (χ4n) is 0.588. The molecule has 1 unspecified atom stereocenters. The molecule has 0 aliphatic carbocycles. The van der Waals surface area contributed by atoms with Crippen LogP contribution in [0.2, 0.25) is 19.6 Å². The van der Waals surface area contributed by atoms with Gasteiger partial charge in [0.25, 0.3) is 0 Å². The molecule has 0 aliphatic heterocycles. The average Bonchev–Trinajstić information content (AvgIpc) is 1.97. The van der Waals surface area contributed by atoms with E-state index in [0.29, 0.717) is 0 Å². The van der Waals surface area contributed by atoms with Crippen molar-refractivity contribution in [3.05, 3.63) is 0 Å². The highest BCUT2D eigenvalue weighted by Gasteiger charge is 2.26. The highest BCUT2D eigenvalue weighted by atomic mass is 28.4. The number of hydrogen-bond acceptors (Lipinski definition) is 4. The Morgan fingerprint density at radius 2 is 2.00 bits per heavy atom. The minimum Gasteiger partial charge on any atom is -0.466 e. The third kappa shape index (κ3) is 4.11. The van der Waals surface area contributed by atoms with E-state index in [9.17, 15) is 4.79 Å². The molecule has 0 rings (SSSR count). The van der Waals surface area contributed by atoms with Crippen LogP contribution in [0.4, 0.5) is 0 Å². The lowest BCUT2D eigenvalue weighted by molar-refractivity contribution is -0.146. The number of esters is 1. The van der Waals surface area contributed by atoms with Crippen molar-refractivity contribution < 1.29 is 14.0 Å². The van der Waals surface area contributed by atoms with E-state index in [2.05, 4.69) is 4.74 Å². The number of hydrogen-bond donors (Lipinski definition) is 0. The molecular formula is C7H13NO3Si. The first-order valence-electron chi connectivity index (χ1n) is 3.56. The summed E-state index contributed by atoms with van der Waals surface area (Å²) >= 11 is 0. The number of methoxy groups -OCH3 is 1. The first kappa shape index (κ1) is 11.1. The molecule has 0 fully saturated rings. The Hall–Kier alpha value is -0.863. The second-order valence-electron chi connectivity index (χ2n) is 3.26. The molecule has 0 amide bonds. The maximum Gasteiger partial charge on any atom is 0.348 e. The maximum absolute atomic E-state index is 10.9. The highest BCUT2D eigenvalue weighted by molar-refractivity contribution is 6.69. The van der Waals surface area contributed by atoms with Crippen molar-refractivity contribution in [3.63, 3.8) is 0 Å². The van der Waals surface area contributed by atoms with Gasteiger partial charge in [-0.2, -0.15) is 5.26 Å². The summed E-state index contributed by atoms with van der Waals surface area (Å²) in [7, 11) is -0.607. The summed E-state index contributed by atoms with van der Waals surface area (Å²) in [5, 5.41) is 8.54. The number of nitrogens with zero attached hydrogens (tertiary/aromatic N) is 1. The summed E-state index contributed by atoms with van der Waals surface area (Å²) in [6, 6.07) is 1.75. The lowest BCUT2D eigenvalue weighted by Crippen LogP contribution is -2.36. The zero-order valence-corrected chi connectivity index (χ0v) is 8.75. The molecule has 0 radical (unpaired) electrons. The van der Waals surface area contributed by atoms with Gasteiger partial charge in [0.1, 0.15) is 6.07 Å². The van der Waals surface area contributed by atoms with Gasteiger partial charge in [0.05, 0.1) is 7.11 Å². The van der Waals surface area contributed by atoms with E-state index >= 15 is 0 Å². The molecule has 0 aromatic rings. The van der Waals surface area contributed by atoms with Crippen LogP contribution in [0.15, 0.2) is 0 Å². The summed E-state index contributed by atoms with van der Waals surface area (Å²) < 4.78 is 9.63. The lowest BCUT2D eigenvalue weighted by atomic mass is 10.4. The topological polar surface area (TPSA) is 59.3 Å². The van der Waals surface area contributed by atoms with Gasteiger partial charge in [-0.1, -0.05) is 0 Å². The maximum atomic E-state index is 10.9. The van der Waals surface area contributed by atoms with E-state index < -0.39 is 20.4 Å². The van der Waals surface area contributed by atoms with Crippen molar-refractivity contribution in [3.8, 4) is 6.07 Å². The summed E-state index contributed by atoms with van der Waals surface area (Å²) in [6.07, 6.45) is -1.07. The van der Waals surface area contributed by atoms with Crippen molar-refractivity contribution in [2.75, 3.05) is 7.11 Å². The van der Waals surface area contributed by atoms with Crippen LogP contribution in [0.3, 0.4) is 0 Å². The predicted octanol–water partition coefficient (Wildman–Crippen LogP) is 0.903. The number of nitriles is 1. The summed E-state index contributed by atoms with van der Waals surface area (Å²) in [5.41, 5.74) is 0. The molecule has 0 saturated carbocycles. The van der Waals surface area contributed by atoms with E-state index in [-0.39, 0.29) is 0 Å². The third-order valence-electron chi connectivity index (χ3n) is 1.00. The normalized spacial score (nSPS) is 13.2. The van der Waals surface area contributed by atoms with Gasteiger partial charge in [-0.15, -0.1) is 0 Å². The van der Waals surface area contributed by atoms with Crippen molar-refractivity contribution in [1.29, 1.82) is 5.26 Å². The van der Waals surface area contributed by atoms with E-state index in [1.54, 1.807) is 6.07 Å². The smallest absolute Gasteiger partial charge is 0.348 e. The van der Waals surface area contributed by atoms with Gasteiger partial charge in [-0.25, -0.2) is 4.79 Å². The van der Waals surface area contributed by atoms with Gasteiger partial charge in [-0.05, 0) is 19.6 Å². The Morgan fingerprint density at radius 1 is 1.50 bits per heavy atom. The molecule has 0 heterocycles. The molecule has 0 saturated heterocycles. The number of carbonyl (C=O) groups is 1. The van der Waals surface area contributed by atoms with E-state index in [1.807, 2.05) is 19.6 Å². The standard InChI is InChI=1S/C7H13NO3Si/c1-10-7(9)6(5-8)11-12(2,3)4/h6H,1-4H3. The largest absolute Gasteiger partial charge is 0.466 e. The van der Waals surface area contributed by atoms with Crippen LogP contribution in [0.25, 0.3) is 0 Å². The minimum absolute atomic E-state index is 0.625. The van der Waals surface area contributed by atoms with Crippen LogP contribution >= 0.6 is 0 Å². The third-order valence-corrected chi connectivity index (χ3v) is 1.95. The fraction of sp³-hybridized carbons (Fsp3) is 0.714. The van der Waals surface area contributed by atoms with Crippen LogP contribution in [0, 0.1) is 11.3 Å². The Kier molecular flexibility index (Phi) is 3.93. The molecule has 0 N–H and O–H groups in total. The molecule has 68 valence electrons. The van der Waals surface area contributed by atoms with E-state index in [4.69, 9.17) is 9.69 Å². The van der Waals surface area contributed by atoms with Crippen molar-refractivity contribution in [2.24, 2.45) is 0 Å². The minimum atomic E-state index is -1.84. The van der Waals surface area contributed by atoms with Crippen molar-refractivity contribution in [2.45, 2.75) is 25.7 Å². The van der Waals surface area contributed by atoms with Crippen molar-refractivity contribution >= 4 is 14.3 Å². The Morgan fingerprint density at radius 3 is 2.25 bits per heavy atom. The number of carbonyl (C=O) groups excluding carboxylic acids is 1. The number of rotatable bonds is 3. The molecule has 4 nitrogen and oxygen atoms in total. The van der Waals surface area contributed by atoms with Crippen LogP contribution < -0.4 is 0 Å². The summed E-state index contributed by atoms with van der Waals surface area (Å²) in [4.78, 5) is 10.9. The molecule has 0 spiro atoms. The average molecular weight is 187 g/mol. The van der Waals surface area contributed by atoms with Crippen LogP contribution in [0.1, 0.15) is 0 Å². The molecule has 0 bridgehead atoms. The second-order valence-corrected chi connectivity index (χ2v) is 7.72. The molecule has 5 heteroatoms. The Labute approximate surface area is 73.2 Å². The zero-order valence-electron chi connectivity index (χ0n) is 7.75. The quantitative estimate of drug-likeness (QED) is 0.486. The van der Waals surface area contributed by atoms with Gasteiger partial charge in [-0.3, -0.25) is 0 Å². The Balaban J connectivity index is 4.22. The van der Waals surface area contributed by atoms with Crippen LogP contribution in [-0.2, 0) is 14.0 Å². The van der Waals surface area contributed by atoms with Gasteiger partial charge in [0.15, 0.2) is 8.32 Å². The van der Waals surface area contributed by atoms with Crippen molar-refractivity contribution in [1.82, 2.24) is 0 Å².